The summed E-state index contributed by atoms with van der Waals surface area (Å²) in [6, 6.07) is 5.46. The van der Waals surface area contributed by atoms with Gasteiger partial charge in [-0.3, -0.25) is 0 Å². The van der Waals surface area contributed by atoms with Gasteiger partial charge in [0.2, 0.25) is 5.75 Å². The van der Waals surface area contributed by atoms with E-state index in [0.717, 1.165) is 0 Å². The molecular weight excluding hydrogens is 210 g/mol. The smallest absolute Gasteiger partial charge is 0.203 e. The second kappa shape index (κ2) is 5.05. The highest BCUT2D eigenvalue weighted by molar-refractivity contribution is 5.51. The minimum absolute atomic E-state index is 0.212. The molecule has 5 heteroatoms. The van der Waals surface area contributed by atoms with E-state index in [0.29, 0.717) is 37.0 Å². The van der Waals surface area contributed by atoms with Gasteiger partial charge in [-0.25, -0.2) is 0 Å². The summed E-state index contributed by atoms with van der Waals surface area (Å²) in [5.41, 5.74) is 3.60. The largest absolute Gasteiger partial charge is 0.487 e. The molecule has 0 saturated carbocycles. The summed E-state index contributed by atoms with van der Waals surface area (Å²) in [4.78, 5) is 0. The van der Waals surface area contributed by atoms with Crippen molar-refractivity contribution in [3.63, 3.8) is 0 Å². The number of quaternary nitrogens is 1. The molecule has 0 bridgehead atoms. The van der Waals surface area contributed by atoms with Crippen LogP contribution in [-0.4, -0.2) is 37.6 Å². The zero-order valence-corrected chi connectivity index (χ0v) is 9.02. The van der Waals surface area contributed by atoms with Crippen molar-refractivity contribution in [3.05, 3.63) is 18.2 Å². The van der Waals surface area contributed by atoms with E-state index in [2.05, 4.69) is 5.73 Å². The van der Waals surface area contributed by atoms with Crippen LogP contribution in [0.25, 0.3) is 0 Å². The van der Waals surface area contributed by atoms with E-state index in [4.69, 9.17) is 14.2 Å². The predicted octanol–water partition coefficient (Wildman–Crippen LogP) is -0.561. The van der Waals surface area contributed by atoms with Crippen molar-refractivity contribution in [3.8, 4) is 17.2 Å². The van der Waals surface area contributed by atoms with E-state index in [1.165, 1.54) is 0 Å². The van der Waals surface area contributed by atoms with Crippen LogP contribution in [0.5, 0.6) is 17.2 Å². The molecule has 1 atom stereocenters. The van der Waals surface area contributed by atoms with E-state index >= 15 is 0 Å². The quantitative estimate of drug-likeness (QED) is 0.721. The Morgan fingerprint density at radius 3 is 3.00 bits per heavy atom. The molecule has 2 rings (SSSR count). The highest BCUT2D eigenvalue weighted by Gasteiger charge is 2.17. The maximum Gasteiger partial charge on any atom is 0.203 e. The molecular formula is C11H16NO4+. The highest BCUT2D eigenvalue weighted by Crippen LogP contribution is 2.38. The Morgan fingerprint density at radius 1 is 1.38 bits per heavy atom. The number of para-hydroxylation sites is 1. The van der Waals surface area contributed by atoms with Gasteiger partial charge in [0.05, 0.1) is 0 Å². The number of hydrogen-bond donors (Lipinski definition) is 2. The van der Waals surface area contributed by atoms with Crippen LogP contribution in [0.1, 0.15) is 0 Å². The maximum absolute atomic E-state index is 9.36. The zero-order chi connectivity index (χ0) is 11.4. The Hall–Kier alpha value is -1.46. The third-order valence-corrected chi connectivity index (χ3v) is 2.29. The van der Waals surface area contributed by atoms with Crippen molar-refractivity contribution in [2.75, 3.05) is 26.4 Å². The number of benzene rings is 1. The molecule has 0 aliphatic carbocycles. The van der Waals surface area contributed by atoms with Gasteiger partial charge in [-0.15, -0.1) is 0 Å². The highest BCUT2D eigenvalue weighted by atomic mass is 16.6. The summed E-state index contributed by atoms with van der Waals surface area (Å²) in [6.07, 6.45) is -0.555. The normalized spacial score (nSPS) is 15.6. The van der Waals surface area contributed by atoms with Crippen molar-refractivity contribution < 1.29 is 25.1 Å². The van der Waals surface area contributed by atoms with E-state index < -0.39 is 6.10 Å². The summed E-state index contributed by atoms with van der Waals surface area (Å²) < 4.78 is 16.4. The Kier molecular flexibility index (Phi) is 3.48. The third kappa shape index (κ3) is 2.37. The minimum Gasteiger partial charge on any atom is -0.487 e. The lowest BCUT2D eigenvalue weighted by molar-refractivity contribution is -0.384. The first kappa shape index (κ1) is 11.0. The summed E-state index contributed by atoms with van der Waals surface area (Å²) in [7, 11) is 0. The molecule has 5 nitrogen and oxygen atoms in total. The monoisotopic (exact) mass is 226 g/mol. The zero-order valence-electron chi connectivity index (χ0n) is 9.02. The molecule has 16 heavy (non-hydrogen) atoms. The lowest BCUT2D eigenvalue weighted by Crippen LogP contribution is -2.56. The SMILES string of the molecule is [NH3+]C[C@@H](O)COc1cccc2c1OCCO2. The fraction of sp³-hybridized carbons (Fsp3) is 0.455. The van der Waals surface area contributed by atoms with Crippen LogP contribution in [0.2, 0.25) is 0 Å². The Bertz CT molecular complexity index is 356. The molecule has 0 spiro atoms. The van der Waals surface area contributed by atoms with Gasteiger partial charge in [-0.2, -0.15) is 0 Å². The maximum atomic E-state index is 9.36. The van der Waals surface area contributed by atoms with E-state index in [1.807, 2.05) is 12.1 Å². The van der Waals surface area contributed by atoms with Gasteiger partial charge in [0, 0.05) is 0 Å². The molecule has 0 aromatic heterocycles. The van der Waals surface area contributed by atoms with Gasteiger partial charge in [0.25, 0.3) is 0 Å². The molecule has 0 unspecified atom stereocenters. The molecule has 0 amide bonds. The van der Waals surface area contributed by atoms with Crippen LogP contribution in [-0.2, 0) is 0 Å². The number of aliphatic hydroxyl groups excluding tert-OH is 1. The van der Waals surface area contributed by atoms with Crippen LogP contribution < -0.4 is 19.9 Å². The first-order valence-electron chi connectivity index (χ1n) is 5.30. The van der Waals surface area contributed by atoms with Gasteiger partial charge in [0.15, 0.2) is 11.5 Å². The van der Waals surface area contributed by atoms with Crippen LogP contribution in [0.15, 0.2) is 18.2 Å². The lowest BCUT2D eigenvalue weighted by atomic mass is 10.3. The van der Waals surface area contributed by atoms with Crippen molar-refractivity contribution >= 4 is 0 Å². The van der Waals surface area contributed by atoms with Crippen molar-refractivity contribution in [2.45, 2.75) is 6.10 Å². The fourth-order valence-corrected chi connectivity index (χ4v) is 1.43. The number of rotatable bonds is 4. The van der Waals surface area contributed by atoms with Gasteiger partial charge in [-0.1, -0.05) is 6.07 Å². The van der Waals surface area contributed by atoms with Crippen LogP contribution in [0.3, 0.4) is 0 Å². The second-order valence-electron chi connectivity index (χ2n) is 3.53. The van der Waals surface area contributed by atoms with Crippen molar-refractivity contribution in [2.24, 2.45) is 0 Å². The van der Waals surface area contributed by atoms with Gasteiger partial charge < -0.3 is 25.1 Å². The number of hydrogen-bond acceptors (Lipinski definition) is 4. The summed E-state index contributed by atoms with van der Waals surface area (Å²) in [6.45, 7) is 1.71. The average molecular weight is 226 g/mol. The van der Waals surface area contributed by atoms with E-state index in [9.17, 15) is 5.11 Å². The summed E-state index contributed by atoms with van der Waals surface area (Å²) in [5.74, 6) is 1.91. The number of aliphatic hydroxyl groups is 1. The number of fused-ring (bicyclic) bond motifs is 1. The Morgan fingerprint density at radius 2 is 2.19 bits per heavy atom. The summed E-state index contributed by atoms with van der Waals surface area (Å²) >= 11 is 0. The molecule has 0 fully saturated rings. The number of ether oxygens (including phenoxy) is 3. The Balaban J connectivity index is 2.08. The lowest BCUT2D eigenvalue weighted by Gasteiger charge is -2.21. The topological polar surface area (TPSA) is 75.6 Å². The van der Waals surface area contributed by atoms with Crippen molar-refractivity contribution in [1.29, 1.82) is 0 Å². The minimum atomic E-state index is -0.555. The van der Waals surface area contributed by atoms with Gasteiger partial charge in [-0.05, 0) is 12.1 Å². The van der Waals surface area contributed by atoms with Crippen LogP contribution in [0.4, 0.5) is 0 Å². The molecule has 1 aromatic carbocycles. The fourth-order valence-electron chi connectivity index (χ4n) is 1.43. The molecule has 1 heterocycles. The predicted molar refractivity (Wildman–Crippen MR) is 56.7 cm³/mol. The molecule has 0 saturated heterocycles. The first-order chi connectivity index (χ1) is 7.81. The molecule has 4 N–H and O–H groups in total. The van der Waals surface area contributed by atoms with Crippen LogP contribution >= 0.6 is 0 Å². The van der Waals surface area contributed by atoms with E-state index in [-0.39, 0.29) is 6.61 Å². The van der Waals surface area contributed by atoms with Gasteiger partial charge >= 0.3 is 0 Å². The molecule has 1 aliphatic heterocycles. The molecule has 0 radical (unpaired) electrons. The standard InChI is InChI=1S/C11H15NO4/c12-6-8(13)7-16-10-3-1-2-9-11(10)15-5-4-14-9/h1-3,8,13H,4-7,12H2/p+1/t8-/m1/s1. The Labute approximate surface area is 93.7 Å². The second-order valence-corrected chi connectivity index (χ2v) is 3.53. The first-order valence-corrected chi connectivity index (χ1v) is 5.30. The average Bonchev–Trinajstić information content (AvgIpc) is 2.35. The molecule has 1 aliphatic rings. The molecule has 1 aromatic rings. The summed E-state index contributed by atoms with van der Waals surface area (Å²) in [5, 5.41) is 9.36. The third-order valence-electron chi connectivity index (χ3n) is 2.29. The molecule has 88 valence electrons. The van der Waals surface area contributed by atoms with E-state index in [1.54, 1.807) is 6.07 Å². The van der Waals surface area contributed by atoms with Crippen LogP contribution in [0, 0.1) is 0 Å². The van der Waals surface area contributed by atoms with Gasteiger partial charge in [0.1, 0.15) is 32.5 Å². The van der Waals surface area contributed by atoms with Crippen molar-refractivity contribution in [1.82, 2.24) is 0 Å².